The first-order valence-electron chi connectivity index (χ1n) is 5.88. The van der Waals surface area contributed by atoms with Crippen molar-refractivity contribution in [2.24, 2.45) is 5.92 Å². The monoisotopic (exact) mass is 279 g/mol. The molecule has 0 saturated heterocycles. The van der Waals surface area contributed by atoms with Gasteiger partial charge in [0.25, 0.3) is 0 Å². The predicted molar refractivity (Wildman–Crippen MR) is 60.9 cm³/mol. The van der Waals surface area contributed by atoms with E-state index in [0.717, 1.165) is 6.92 Å². The molecule has 0 aliphatic heterocycles. The highest BCUT2D eigenvalue weighted by atomic mass is 19.4. The molecule has 0 radical (unpaired) electrons. The molecule has 0 saturated carbocycles. The van der Waals surface area contributed by atoms with Gasteiger partial charge in [-0.2, -0.15) is 13.2 Å². The quantitative estimate of drug-likeness (QED) is 0.899. The molecule has 1 atom stereocenters. The van der Waals surface area contributed by atoms with E-state index in [9.17, 15) is 18.0 Å². The van der Waals surface area contributed by atoms with Crippen LogP contribution < -0.4 is 0 Å². The Bertz CT molecular complexity index is 455. The average molecular weight is 279 g/mol. The zero-order valence-electron chi connectivity index (χ0n) is 10.9. The van der Waals surface area contributed by atoms with Crippen LogP contribution in [0.4, 0.5) is 13.2 Å². The van der Waals surface area contributed by atoms with Gasteiger partial charge >= 0.3 is 12.1 Å². The number of rotatable bonds is 5. The predicted octanol–water partition coefficient (Wildman–Crippen LogP) is 2.69. The minimum Gasteiger partial charge on any atom is -0.476 e. The van der Waals surface area contributed by atoms with Crippen molar-refractivity contribution in [2.75, 3.05) is 0 Å². The average Bonchev–Trinajstić information content (AvgIpc) is 2.67. The molecule has 1 aromatic rings. The molecule has 0 aromatic carbocycles. The maximum absolute atomic E-state index is 12.7. The number of aromatic nitrogens is 3. The van der Waals surface area contributed by atoms with E-state index in [4.69, 9.17) is 5.11 Å². The lowest BCUT2D eigenvalue weighted by atomic mass is 10.0. The first-order chi connectivity index (χ1) is 8.64. The second-order valence-electron chi connectivity index (χ2n) is 4.78. The highest BCUT2D eigenvalue weighted by Crippen LogP contribution is 2.31. The summed E-state index contributed by atoms with van der Waals surface area (Å²) in [5, 5.41) is 15.6. The normalized spacial score (nSPS) is 13.8. The van der Waals surface area contributed by atoms with Crippen molar-refractivity contribution in [1.82, 2.24) is 15.0 Å². The summed E-state index contributed by atoms with van der Waals surface area (Å²) in [7, 11) is 0. The Morgan fingerprint density at radius 3 is 2.37 bits per heavy atom. The minimum atomic E-state index is -4.49. The van der Waals surface area contributed by atoms with Gasteiger partial charge < -0.3 is 5.11 Å². The highest BCUT2D eigenvalue weighted by Gasteiger charge is 2.40. The zero-order chi connectivity index (χ0) is 14.8. The third-order valence-corrected chi connectivity index (χ3v) is 2.79. The largest absolute Gasteiger partial charge is 0.476 e. The van der Waals surface area contributed by atoms with Crippen molar-refractivity contribution >= 4 is 5.97 Å². The third kappa shape index (κ3) is 3.68. The molecule has 1 aromatic heterocycles. The minimum absolute atomic E-state index is 0.0195. The first-order valence-corrected chi connectivity index (χ1v) is 5.88. The maximum Gasteiger partial charge on any atom is 0.410 e. The van der Waals surface area contributed by atoms with Gasteiger partial charge in [-0.15, -0.1) is 5.10 Å². The van der Waals surface area contributed by atoms with Gasteiger partial charge in [0, 0.05) is 0 Å². The Kier molecular flexibility index (Phi) is 4.54. The number of carbonyl (C=O) groups is 1. The highest BCUT2D eigenvalue weighted by molar-refractivity contribution is 5.86. The first kappa shape index (κ1) is 15.5. The Labute approximate surface area is 108 Å². The molecule has 0 amide bonds. The zero-order valence-corrected chi connectivity index (χ0v) is 10.9. The van der Waals surface area contributed by atoms with E-state index >= 15 is 0 Å². The van der Waals surface area contributed by atoms with Crippen molar-refractivity contribution in [2.45, 2.75) is 45.8 Å². The van der Waals surface area contributed by atoms with Crippen LogP contribution >= 0.6 is 0 Å². The van der Waals surface area contributed by atoms with Crippen molar-refractivity contribution < 1.29 is 23.1 Å². The Hall–Kier alpha value is -1.60. The van der Waals surface area contributed by atoms with Crippen molar-refractivity contribution in [3.8, 4) is 0 Å². The SMILES string of the molecule is CC(C)CCc1c(C(=O)O)nnn1C(C)C(F)(F)F. The van der Waals surface area contributed by atoms with Crippen LogP contribution in [0.25, 0.3) is 0 Å². The maximum atomic E-state index is 12.7. The van der Waals surface area contributed by atoms with Gasteiger partial charge in [-0.25, -0.2) is 9.48 Å². The Balaban J connectivity index is 3.14. The van der Waals surface area contributed by atoms with E-state index in [0.29, 0.717) is 11.1 Å². The molecule has 0 aliphatic rings. The molecule has 0 bridgehead atoms. The van der Waals surface area contributed by atoms with Gasteiger partial charge in [0.1, 0.15) is 6.04 Å². The van der Waals surface area contributed by atoms with Crippen LogP contribution in [0.5, 0.6) is 0 Å². The Morgan fingerprint density at radius 1 is 1.37 bits per heavy atom. The third-order valence-electron chi connectivity index (χ3n) is 2.79. The molecular formula is C11H16F3N3O2. The van der Waals surface area contributed by atoms with Crippen LogP contribution in [0.2, 0.25) is 0 Å². The summed E-state index contributed by atoms with van der Waals surface area (Å²) >= 11 is 0. The van der Waals surface area contributed by atoms with E-state index in [2.05, 4.69) is 10.3 Å². The standard InChI is InChI=1S/C11H16F3N3O2/c1-6(2)4-5-8-9(10(18)19)15-16-17(8)7(3)11(12,13)14/h6-7H,4-5H2,1-3H3,(H,18,19). The topological polar surface area (TPSA) is 68.0 Å². The molecule has 1 unspecified atom stereocenters. The fourth-order valence-electron chi connectivity index (χ4n) is 1.59. The van der Waals surface area contributed by atoms with Crippen LogP contribution in [0.1, 0.15) is 49.4 Å². The Morgan fingerprint density at radius 2 is 1.95 bits per heavy atom. The second kappa shape index (κ2) is 5.58. The summed E-state index contributed by atoms with van der Waals surface area (Å²) in [6.45, 7) is 4.74. The fraction of sp³-hybridized carbons (Fsp3) is 0.727. The molecule has 1 rings (SSSR count). The number of hydrogen-bond donors (Lipinski definition) is 1. The molecular weight excluding hydrogens is 263 g/mol. The molecule has 1 N–H and O–H groups in total. The molecule has 1 heterocycles. The van der Waals surface area contributed by atoms with Crippen LogP contribution in [-0.2, 0) is 6.42 Å². The molecule has 0 fully saturated rings. The lowest BCUT2D eigenvalue weighted by Crippen LogP contribution is -2.26. The van der Waals surface area contributed by atoms with Crippen molar-refractivity contribution in [3.63, 3.8) is 0 Å². The molecule has 0 spiro atoms. The van der Waals surface area contributed by atoms with Crippen molar-refractivity contribution in [1.29, 1.82) is 0 Å². The van der Waals surface area contributed by atoms with Gasteiger partial charge in [-0.1, -0.05) is 19.1 Å². The summed E-state index contributed by atoms with van der Waals surface area (Å²) in [6.07, 6.45) is -3.72. The van der Waals surface area contributed by atoms with Gasteiger partial charge in [0.2, 0.25) is 0 Å². The van der Waals surface area contributed by atoms with E-state index in [-0.39, 0.29) is 18.0 Å². The molecule has 19 heavy (non-hydrogen) atoms. The fourth-order valence-corrected chi connectivity index (χ4v) is 1.59. The molecule has 108 valence electrons. The summed E-state index contributed by atoms with van der Waals surface area (Å²) in [5.41, 5.74) is -0.386. The lowest BCUT2D eigenvalue weighted by molar-refractivity contribution is -0.166. The second-order valence-corrected chi connectivity index (χ2v) is 4.78. The summed E-state index contributed by atoms with van der Waals surface area (Å²) in [5.74, 6) is -1.12. The summed E-state index contributed by atoms with van der Waals surface area (Å²) in [6, 6.07) is -1.89. The van der Waals surface area contributed by atoms with Crippen LogP contribution in [-0.4, -0.2) is 32.2 Å². The molecule has 5 nitrogen and oxygen atoms in total. The number of halogens is 3. The van der Waals surface area contributed by atoms with Crippen LogP contribution in [0, 0.1) is 5.92 Å². The number of nitrogens with zero attached hydrogens (tertiary/aromatic N) is 3. The smallest absolute Gasteiger partial charge is 0.410 e. The number of carboxylic acid groups (broad SMARTS) is 1. The van der Waals surface area contributed by atoms with Gasteiger partial charge in [0.05, 0.1) is 5.69 Å². The van der Waals surface area contributed by atoms with Gasteiger partial charge in [-0.3, -0.25) is 0 Å². The van der Waals surface area contributed by atoms with Crippen molar-refractivity contribution in [3.05, 3.63) is 11.4 Å². The number of carboxylic acids is 1. The van der Waals surface area contributed by atoms with Gasteiger partial charge in [0.15, 0.2) is 5.69 Å². The number of aromatic carboxylic acids is 1. The summed E-state index contributed by atoms with van der Waals surface area (Å²) in [4.78, 5) is 11.0. The number of alkyl halides is 3. The van der Waals surface area contributed by atoms with Crippen LogP contribution in [0.3, 0.4) is 0 Å². The lowest BCUT2D eigenvalue weighted by Gasteiger charge is -2.18. The van der Waals surface area contributed by atoms with Gasteiger partial charge in [-0.05, 0) is 25.7 Å². The number of hydrogen-bond acceptors (Lipinski definition) is 3. The van der Waals surface area contributed by atoms with Crippen LogP contribution in [0.15, 0.2) is 0 Å². The molecule has 0 aliphatic carbocycles. The molecule has 8 heteroatoms. The van der Waals surface area contributed by atoms with E-state index in [1.807, 2.05) is 13.8 Å². The van der Waals surface area contributed by atoms with E-state index in [1.165, 1.54) is 0 Å². The van der Waals surface area contributed by atoms with E-state index < -0.39 is 23.9 Å². The van der Waals surface area contributed by atoms with E-state index in [1.54, 1.807) is 0 Å². The summed E-state index contributed by atoms with van der Waals surface area (Å²) < 4.78 is 38.7.